The Morgan fingerprint density at radius 2 is 1.94 bits per heavy atom. The minimum absolute atomic E-state index is 0.226. The van der Waals surface area contributed by atoms with E-state index in [-0.39, 0.29) is 23.3 Å². The smallest absolute Gasteiger partial charge is 0.306 e. The highest BCUT2D eigenvalue weighted by molar-refractivity contribution is 5.85. The number of amides is 1. The Morgan fingerprint density at radius 1 is 1.35 bits per heavy atom. The van der Waals surface area contributed by atoms with Crippen molar-refractivity contribution < 1.29 is 14.7 Å². The molecule has 2 aliphatic rings. The first-order valence-electron chi connectivity index (χ1n) is 6.50. The summed E-state index contributed by atoms with van der Waals surface area (Å²) in [5.41, 5.74) is -0.226. The van der Waals surface area contributed by atoms with Crippen LogP contribution >= 0.6 is 0 Å². The monoisotopic (exact) mass is 239 g/mol. The number of carbonyl (C=O) groups is 2. The largest absolute Gasteiger partial charge is 0.481 e. The molecule has 1 saturated carbocycles. The predicted octanol–water partition coefficient (Wildman–Crippen LogP) is 1.89. The van der Waals surface area contributed by atoms with Gasteiger partial charge in [0.05, 0.1) is 11.3 Å². The van der Waals surface area contributed by atoms with Gasteiger partial charge in [0.1, 0.15) is 0 Å². The first-order chi connectivity index (χ1) is 7.96. The van der Waals surface area contributed by atoms with E-state index in [9.17, 15) is 9.59 Å². The van der Waals surface area contributed by atoms with E-state index in [2.05, 4.69) is 0 Å². The van der Waals surface area contributed by atoms with Gasteiger partial charge in [-0.2, -0.15) is 0 Å². The van der Waals surface area contributed by atoms with Crippen LogP contribution in [0.2, 0.25) is 0 Å². The van der Waals surface area contributed by atoms with Crippen molar-refractivity contribution >= 4 is 11.9 Å². The Balaban J connectivity index is 2.04. The molecule has 0 aromatic heterocycles. The quantitative estimate of drug-likeness (QED) is 0.800. The zero-order valence-corrected chi connectivity index (χ0v) is 10.6. The van der Waals surface area contributed by atoms with Crippen LogP contribution in [0.4, 0.5) is 0 Å². The van der Waals surface area contributed by atoms with Crippen LogP contribution in [0.3, 0.4) is 0 Å². The molecule has 0 aromatic carbocycles. The van der Waals surface area contributed by atoms with Gasteiger partial charge in [0.2, 0.25) is 5.91 Å². The molecule has 1 N–H and O–H groups in total. The third-order valence-corrected chi connectivity index (χ3v) is 4.46. The molecule has 2 fully saturated rings. The standard InChI is InChI=1S/C13H21NO3/c1-9(2)14-8-7-13(12(14)17)5-3-10(4-6-13)11(15)16/h9-10H,3-8H2,1-2H3,(H,15,16)/t10-,13+. The number of carboxylic acids is 1. The van der Waals surface area contributed by atoms with E-state index in [4.69, 9.17) is 5.11 Å². The fourth-order valence-electron chi connectivity index (χ4n) is 3.22. The maximum Gasteiger partial charge on any atom is 0.306 e. The summed E-state index contributed by atoms with van der Waals surface area (Å²) in [4.78, 5) is 25.2. The van der Waals surface area contributed by atoms with Gasteiger partial charge in [-0.25, -0.2) is 0 Å². The van der Waals surface area contributed by atoms with Gasteiger partial charge in [0.25, 0.3) is 0 Å². The van der Waals surface area contributed by atoms with E-state index in [1.165, 1.54) is 0 Å². The van der Waals surface area contributed by atoms with Crippen molar-refractivity contribution in [3.8, 4) is 0 Å². The van der Waals surface area contributed by atoms with Crippen LogP contribution in [-0.2, 0) is 9.59 Å². The molecule has 0 bridgehead atoms. The second-order valence-electron chi connectivity index (χ2n) is 5.74. The molecule has 4 heteroatoms. The lowest BCUT2D eigenvalue weighted by atomic mass is 9.69. The molecule has 1 amide bonds. The Morgan fingerprint density at radius 3 is 2.35 bits per heavy atom. The van der Waals surface area contributed by atoms with E-state index in [0.717, 1.165) is 25.8 Å². The van der Waals surface area contributed by atoms with Crippen LogP contribution in [0.5, 0.6) is 0 Å². The number of hydrogen-bond donors (Lipinski definition) is 1. The molecule has 17 heavy (non-hydrogen) atoms. The molecule has 0 unspecified atom stereocenters. The van der Waals surface area contributed by atoms with Gasteiger partial charge >= 0.3 is 5.97 Å². The van der Waals surface area contributed by atoms with Gasteiger partial charge in [0, 0.05) is 12.6 Å². The lowest BCUT2D eigenvalue weighted by molar-refractivity contribution is -0.147. The number of hydrogen-bond acceptors (Lipinski definition) is 2. The number of nitrogens with zero attached hydrogens (tertiary/aromatic N) is 1. The molecule has 0 radical (unpaired) electrons. The summed E-state index contributed by atoms with van der Waals surface area (Å²) in [6, 6.07) is 0.263. The summed E-state index contributed by atoms with van der Waals surface area (Å²) in [6.45, 7) is 4.92. The van der Waals surface area contributed by atoms with Crippen molar-refractivity contribution in [2.45, 2.75) is 52.0 Å². The van der Waals surface area contributed by atoms with Crippen molar-refractivity contribution in [1.82, 2.24) is 4.90 Å². The Kier molecular flexibility index (Phi) is 3.15. The Hall–Kier alpha value is -1.06. The zero-order valence-electron chi connectivity index (χ0n) is 10.6. The van der Waals surface area contributed by atoms with Crippen LogP contribution in [0, 0.1) is 11.3 Å². The second-order valence-corrected chi connectivity index (χ2v) is 5.74. The summed E-state index contributed by atoms with van der Waals surface area (Å²) in [5.74, 6) is -0.677. The van der Waals surface area contributed by atoms with Gasteiger partial charge < -0.3 is 10.0 Å². The Labute approximate surface area is 102 Å². The average molecular weight is 239 g/mol. The van der Waals surface area contributed by atoms with Crippen LogP contribution in [0.15, 0.2) is 0 Å². The van der Waals surface area contributed by atoms with Crippen LogP contribution in [0.1, 0.15) is 46.0 Å². The van der Waals surface area contributed by atoms with Crippen molar-refractivity contribution in [2.24, 2.45) is 11.3 Å². The highest BCUT2D eigenvalue weighted by atomic mass is 16.4. The minimum Gasteiger partial charge on any atom is -0.481 e. The number of likely N-dealkylation sites (tertiary alicyclic amines) is 1. The molecule has 0 atom stereocenters. The molecule has 96 valence electrons. The summed E-state index contributed by atoms with van der Waals surface area (Å²) >= 11 is 0. The molecular weight excluding hydrogens is 218 g/mol. The molecular formula is C13H21NO3. The predicted molar refractivity (Wildman–Crippen MR) is 63.5 cm³/mol. The van der Waals surface area contributed by atoms with Crippen LogP contribution < -0.4 is 0 Å². The van der Waals surface area contributed by atoms with Crippen molar-refractivity contribution in [1.29, 1.82) is 0 Å². The zero-order chi connectivity index (χ0) is 12.6. The summed E-state index contributed by atoms with van der Waals surface area (Å²) < 4.78 is 0. The van der Waals surface area contributed by atoms with Gasteiger partial charge in [-0.3, -0.25) is 9.59 Å². The number of carbonyl (C=O) groups excluding carboxylic acids is 1. The molecule has 1 aliphatic heterocycles. The highest BCUT2D eigenvalue weighted by Crippen LogP contribution is 2.46. The average Bonchev–Trinajstić information content (AvgIpc) is 2.58. The molecule has 1 heterocycles. The molecule has 0 aromatic rings. The Bertz CT molecular complexity index is 330. The minimum atomic E-state index is -0.703. The SMILES string of the molecule is CC(C)N1CC[C@]2(CC[C@H](C(=O)O)CC2)C1=O. The second kappa shape index (κ2) is 4.31. The maximum absolute atomic E-state index is 12.4. The summed E-state index contributed by atoms with van der Waals surface area (Å²) in [6.07, 6.45) is 3.74. The van der Waals surface area contributed by atoms with E-state index in [1.807, 2.05) is 18.7 Å². The van der Waals surface area contributed by atoms with E-state index in [0.29, 0.717) is 12.8 Å². The fraction of sp³-hybridized carbons (Fsp3) is 0.846. The fourth-order valence-corrected chi connectivity index (χ4v) is 3.22. The van der Waals surface area contributed by atoms with Gasteiger partial charge in [-0.15, -0.1) is 0 Å². The van der Waals surface area contributed by atoms with E-state index in [1.54, 1.807) is 0 Å². The van der Waals surface area contributed by atoms with Gasteiger partial charge in [-0.1, -0.05) is 0 Å². The topological polar surface area (TPSA) is 57.6 Å². The first-order valence-corrected chi connectivity index (χ1v) is 6.50. The molecule has 2 rings (SSSR count). The third kappa shape index (κ3) is 2.05. The van der Waals surface area contributed by atoms with Crippen molar-refractivity contribution in [2.75, 3.05) is 6.54 Å². The summed E-state index contributed by atoms with van der Waals surface area (Å²) in [7, 11) is 0. The normalized spacial score (nSPS) is 33.7. The number of aliphatic carboxylic acids is 1. The number of carboxylic acid groups (broad SMARTS) is 1. The molecule has 1 aliphatic carbocycles. The third-order valence-electron chi connectivity index (χ3n) is 4.46. The van der Waals surface area contributed by atoms with Gasteiger partial charge in [0.15, 0.2) is 0 Å². The number of rotatable bonds is 2. The lowest BCUT2D eigenvalue weighted by Crippen LogP contribution is -2.41. The van der Waals surface area contributed by atoms with Crippen LogP contribution in [0.25, 0.3) is 0 Å². The molecule has 1 spiro atoms. The van der Waals surface area contributed by atoms with Crippen molar-refractivity contribution in [3.05, 3.63) is 0 Å². The molecule has 1 saturated heterocycles. The highest BCUT2D eigenvalue weighted by Gasteiger charge is 2.49. The molecule has 4 nitrogen and oxygen atoms in total. The summed E-state index contributed by atoms with van der Waals surface area (Å²) in [5, 5.41) is 8.98. The lowest BCUT2D eigenvalue weighted by Gasteiger charge is -2.34. The first kappa shape index (κ1) is 12.4. The van der Waals surface area contributed by atoms with E-state index < -0.39 is 5.97 Å². The van der Waals surface area contributed by atoms with Crippen molar-refractivity contribution in [3.63, 3.8) is 0 Å². The van der Waals surface area contributed by atoms with Crippen LogP contribution in [-0.4, -0.2) is 34.5 Å². The van der Waals surface area contributed by atoms with E-state index >= 15 is 0 Å². The van der Waals surface area contributed by atoms with Gasteiger partial charge in [-0.05, 0) is 46.0 Å². The maximum atomic E-state index is 12.4.